The molecule has 0 bridgehead atoms. The maximum Gasteiger partial charge on any atom is 0.161 e. The number of aliphatic hydroxyl groups is 1. The van der Waals surface area contributed by atoms with E-state index in [0.717, 1.165) is 31.7 Å². The predicted octanol–water partition coefficient (Wildman–Crippen LogP) is 3.08. The summed E-state index contributed by atoms with van der Waals surface area (Å²) in [6.45, 7) is 0. The maximum absolute atomic E-state index is 13.5. The van der Waals surface area contributed by atoms with E-state index in [4.69, 9.17) is 5.73 Å². The van der Waals surface area contributed by atoms with Gasteiger partial charge in [-0.05, 0) is 24.8 Å². The molecule has 1 saturated carbocycles. The van der Waals surface area contributed by atoms with Crippen LogP contribution in [0.1, 0.15) is 37.3 Å². The quantitative estimate of drug-likeness (QED) is 0.842. The molecule has 1 aliphatic carbocycles. The lowest BCUT2D eigenvalue weighted by Crippen LogP contribution is -2.32. The van der Waals surface area contributed by atoms with Crippen LogP contribution in [0.15, 0.2) is 12.1 Å². The van der Waals surface area contributed by atoms with E-state index in [0.29, 0.717) is 6.07 Å². The molecule has 1 aromatic carbocycles. The molecule has 1 aromatic rings. The Labute approximate surface area is 116 Å². The highest BCUT2D eigenvalue weighted by Gasteiger charge is 2.30. The Morgan fingerprint density at radius 1 is 1.05 bits per heavy atom. The third-order valence-corrected chi connectivity index (χ3v) is 3.65. The minimum absolute atomic E-state index is 0. The zero-order chi connectivity index (χ0) is 13.3. The summed E-state index contributed by atoms with van der Waals surface area (Å²) in [5, 5.41) is 10.0. The second-order valence-corrected chi connectivity index (χ2v) is 4.85. The highest BCUT2D eigenvalue weighted by molar-refractivity contribution is 5.85. The summed E-state index contributed by atoms with van der Waals surface area (Å²) < 4.78 is 39.4. The third-order valence-electron chi connectivity index (χ3n) is 3.65. The van der Waals surface area contributed by atoms with Crippen molar-refractivity contribution in [3.8, 4) is 0 Å². The van der Waals surface area contributed by atoms with Gasteiger partial charge in [0.1, 0.15) is 5.82 Å². The fourth-order valence-electron chi connectivity index (χ4n) is 2.57. The number of halogens is 4. The number of aliphatic hydroxyl groups excluding tert-OH is 1. The first-order valence-corrected chi connectivity index (χ1v) is 6.09. The van der Waals surface area contributed by atoms with Crippen LogP contribution in [0.2, 0.25) is 0 Å². The standard InChI is InChI=1S/C13H16F3NO.ClH/c14-9-6-11(16)10(15)5-8(9)12(17)13(18)7-3-1-2-4-7;/h5-7,12-13,18H,1-4,17H2;1H/t12-,13+;/m0./s1. The largest absolute Gasteiger partial charge is 0.391 e. The van der Waals surface area contributed by atoms with Gasteiger partial charge in [-0.2, -0.15) is 0 Å². The first-order chi connectivity index (χ1) is 8.50. The monoisotopic (exact) mass is 295 g/mol. The Hall–Kier alpha value is -0.780. The summed E-state index contributed by atoms with van der Waals surface area (Å²) in [7, 11) is 0. The van der Waals surface area contributed by atoms with Crippen LogP contribution in [-0.4, -0.2) is 11.2 Å². The molecule has 3 N–H and O–H groups in total. The van der Waals surface area contributed by atoms with Gasteiger partial charge in [0.05, 0.1) is 12.1 Å². The van der Waals surface area contributed by atoms with Crippen LogP contribution in [0, 0.1) is 23.4 Å². The van der Waals surface area contributed by atoms with Gasteiger partial charge in [-0.25, -0.2) is 13.2 Å². The summed E-state index contributed by atoms with van der Waals surface area (Å²) in [4.78, 5) is 0. The van der Waals surface area contributed by atoms with E-state index in [-0.39, 0.29) is 23.9 Å². The lowest BCUT2D eigenvalue weighted by atomic mass is 9.90. The molecule has 0 saturated heterocycles. The number of rotatable bonds is 3. The van der Waals surface area contributed by atoms with Gasteiger partial charge in [0, 0.05) is 11.6 Å². The summed E-state index contributed by atoms with van der Waals surface area (Å²) >= 11 is 0. The number of benzene rings is 1. The lowest BCUT2D eigenvalue weighted by molar-refractivity contribution is 0.0831. The molecule has 0 radical (unpaired) electrons. The van der Waals surface area contributed by atoms with Gasteiger partial charge >= 0.3 is 0 Å². The summed E-state index contributed by atoms with van der Waals surface area (Å²) in [6, 6.07) is 0.169. The van der Waals surface area contributed by atoms with Crippen molar-refractivity contribution < 1.29 is 18.3 Å². The van der Waals surface area contributed by atoms with Crippen molar-refractivity contribution in [1.82, 2.24) is 0 Å². The van der Waals surface area contributed by atoms with E-state index < -0.39 is 29.6 Å². The molecule has 2 nitrogen and oxygen atoms in total. The van der Waals surface area contributed by atoms with E-state index in [1.165, 1.54) is 0 Å². The molecule has 0 amide bonds. The van der Waals surface area contributed by atoms with Crippen LogP contribution in [-0.2, 0) is 0 Å². The fraction of sp³-hybridized carbons (Fsp3) is 0.538. The molecule has 108 valence electrons. The molecule has 0 aromatic heterocycles. The van der Waals surface area contributed by atoms with Crippen molar-refractivity contribution in [2.45, 2.75) is 37.8 Å². The normalized spacial score (nSPS) is 19.0. The minimum Gasteiger partial charge on any atom is -0.391 e. The third kappa shape index (κ3) is 3.41. The number of nitrogens with two attached hydrogens (primary N) is 1. The fourth-order valence-corrected chi connectivity index (χ4v) is 2.57. The Bertz CT molecular complexity index is 438. The molecule has 6 heteroatoms. The van der Waals surface area contributed by atoms with Crippen molar-refractivity contribution in [2.24, 2.45) is 11.7 Å². The van der Waals surface area contributed by atoms with E-state index in [2.05, 4.69) is 0 Å². The molecule has 19 heavy (non-hydrogen) atoms. The first kappa shape index (κ1) is 16.3. The van der Waals surface area contributed by atoms with Crippen LogP contribution >= 0.6 is 12.4 Å². The van der Waals surface area contributed by atoms with Crippen molar-refractivity contribution in [3.63, 3.8) is 0 Å². The molecule has 2 atom stereocenters. The van der Waals surface area contributed by atoms with Gasteiger partial charge in [-0.3, -0.25) is 0 Å². The highest BCUT2D eigenvalue weighted by atomic mass is 35.5. The Morgan fingerprint density at radius 3 is 2.16 bits per heavy atom. The Morgan fingerprint density at radius 2 is 1.58 bits per heavy atom. The summed E-state index contributed by atoms with van der Waals surface area (Å²) in [5.41, 5.74) is 5.59. The van der Waals surface area contributed by atoms with Crippen molar-refractivity contribution >= 4 is 12.4 Å². The molecule has 1 fully saturated rings. The van der Waals surface area contributed by atoms with E-state index >= 15 is 0 Å². The van der Waals surface area contributed by atoms with Crippen molar-refractivity contribution in [1.29, 1.82) is 0 Å². The van der Waals surface area contributed by atoms with Crippen LogP contribution < -0.4 is 5.73 Å². The van der Waals surface area contributed by atoms with Crippen molar-refractivity contribution in [3.05, 3.63) is 35.1 Å². The van der Waals surface area contributed by atoms with E-state index in [9.17, 15) is 18.3 Å². The van der Waals surface area contributed by atoms with Crippen LogP contribution in [0.5, 0.6) is 0 Å². The number of hydrogen-bond donors (Lipinski definition) is 2. The lowest BCUT2D eigenvalue weighted by Gasteiger charge is -2.25. The average molecular weight is 296 g/mol. The SMILES string of the molecule is Cl.N[C@@H](c1cc(F)c(F)cc1F)[C@H](O)C1CCCC1. The minimum atomic E-state index is -1.25. The van der Waals surface area contributed by atoms with E-state index in [1.807, 2.05) is 0 Å². The summed E-state index contributed by atoms with van der Waals surface area (Å²) in [5.74, 6) is -3.31. The maximum atomic E-state index is 13.5. The predicted molar refractivity (Wildman–Crippen MR) is 68.5 cm³/mol. The van der Waals surface area contributed by atoms with Gasteiger partial charge < -0.3 is 10.8 Å². The molecule has 0 unspecified atom stereocenters. The van der Waals surface area contributed by atoms with Crippen molar-refractivity contribution in [2.75, 3.05) is 0 Å². The highest BCUT2D eigenvalue weighted by Crippen LogP contribution is 2.33. The first-order valence-electron chi connectivity index (χ1n) is 6.09. The van der Waals surface area contributed by atoms with Gasteiger partial charge in [-0.15, -0.1) is 12.4 Å². The zero-order valence-corrected chi connectivity index (χ0v) is 11.1. The second kappa shape index (κ2) is 6.59. The smallest absolute Gasteiger partial charge is 0.161 e. The molecule has 2 rings (SSSR count). The average Bonchev–Trinajstić information content (AvgIpc) is 2.85. The molecule has 0 aliphatic heterocycles. The van der Waals surface area contributed by atoms with Gasteiger partial charge in [0.2, 0.25) is 0 Å². The molecular formula is C13H17ClF3NO. The molecule has 0 heterocycles. The molecular weight excluding hydrogens is 279 g/mol. The Balaban J connectivity index is 0.00000180. The van der Waals surface area contributed by atoms with Crippen LogP contribution in [0.25, 0.3) is 0 Å². The van der Waals surface area contributed by atoms with Gasteiger partial charge in [0.25, 0.3) is 0 Å². The topological polar surface area (TPSA) is 46.2 Å². The molecule has 0 spiro atoms. The van der Waals surface area contributed by atoms with Crippen LogP contribution in [0.3, 0.4) is 0 Å². The van der Waals surface area contributed by atoms with E-state index in [1.54, 1.807) is 0 Å². The second-order valence-electron chi connectivity index (χ2n) is 4.85. The van der Waals surface area contributed by atoms with Crippen LogP contribution in [0.4, 0.5) is 13.2 Å². The Kier molecular flexibility index (Phi) is 5.64. The molecule has 1 aliphatic rings. The van der Waals surface area contributed by atoms with Gasteiger partial charge in [-0.1, -0.05) is 12.8 Å². The summed E-state index contributed by atoms with van der Waals surface area (Å²) in [6.07, 6.45) is 2.76. The van der Waals surface area contributed by atoms with Gasteiger partial charge in [0.15, 0.2) is 11.6 Å². The zero-order valence-electron chi connectivity index (χ0n) is 10.3. The number of hydrogen-bond acceptors (Lipinski definition) is 2.